The van der Waals surface area contributed by atoms with Crippen molar-refractivity contribution in [1.82, 2.24) is 5.32 Å². The van der Waals surface area contributed by atoms with Gasteiger partial charge >= 0.3 is 0 Å². The fourth-order valence-electron chi connectivity index (χ4n) is 2.25. The van der Waals surface area contributed by atoms with Crippen LogP contribution >= 0.6 is 22.9 Å². The number of rotatable bonds is 5. The molecule has 0 aliphatic carbocycles. The van der Waals surface area contributed by atoms with Crippen LogP contribution in [0.4, 0.5) is 0 Å². The van der Waals surface area contributed by atoms with Gasteiger partial charge in [0.2, 0.25) is 0 Å². The topological polar surface area (TPSA) is 30.5 Å². The molecule has 0 radical (unpaired) electrons. The average molecular weight is 312 g/mol. The molecule has 0 bridgehead atoms. The number of hydrogen-bond donors (Lipinski definition) is 1. The Labute approximate surface area is 128 Å². The molecule has 2 aromatic rings. The molecule has 0 spiro atoms. The normalized spacial score (nSPS) is 12.2. The van der Waals surface area contributed by atoms with E-state index in [1.54, 1.807) is 25.6 Å². The van der Waals surface area contributed by atoms with E-state index in [1.165, 1.54) is 0 Å². The van der Waals surface area contributed by atoms with Gasteiger partial charge in [-0.15, -0.1) is 11.3 Å². The van der Waals surface area contributed by atoms with E-state index >= 15 is 0 Å². The molecule has 1 unspecified atom stereocenters. The maximum atomic E-state index is 6.26. The Morgan fingerprint density at radius 3 is 2.35 bits per heavy atom. The number of methoxy groups -OCH3 is 2. The molecule has 0 aliphatic heterocycles. The first-order valence-electron chi connectivity index (χ1n) is 6.25. The summed E-state index contributed by atoms with van der Waals surface area (Å²) in [4.78, 5) is 1.10. The summed E-state index contributed by atoms with van der Waals surface area (Å²) in [6, 6.07) is 5.95. The van der Waals surface area contributed by atoms with Crippen LogP contribution in [-0.2, 0) is 0 Å². The van der Waals surface area contributed by atoms with Gasteiger partial charge in [0.1, 0.15) is 0 Å². The molecule has 20 heavy (non-hydrogen) atoms. The molecule has 3 nitrogen and oxygen atoms in total. The van der Waals surface area contributed by atoms with Crippen molar-refractivity contribution in [2.45, 2.75) is 13.0 Å². The van der Waals surface area contributed by atoms with Crippen LogP contribution in [-0.4, -0.2) is 21.3 Å². The first-order valence-corrected chi connectivity index (χ1v) is 7.50. The second kappa shape index (κ2) is 6.48. The van der Waals surface area contributed by atoms with Crippen molar-refractivity contribution in [3.05, 3.63) is 44.6 Å². The Morgan fingerprint density at radius 2 is 1.85 bits per heavy atom. The zero-order valence-electron chi connectivity index (χ0n) is 12.0. The summed E-state index contributed by atoms with van der Waals surface area (Å²) >= 11 is 7.90. The number of benzene rings is 1. The number of thiophene rings is 1. The highest BCUT2D eigenvalue weighted by molar-refractivity contribution is 7.10. The molecule has 2 rings (SSSR count). The van der Waals surface area contributed by atoms with Crippen LogP contribution in [0.1, 0.15) is 22.0 Å². The molecule has 0 saturated heterocycles. The van der Waals surface area contributed by atoms with E-state index in [0.717, 1.165) is 32.5 Å². The zero-order chi connectivity index (χ0) is 14.7. The summed E-state index contributed by atoms with van der Waals surface area (Å²) in [6.07, 6.45) is 0. The Hall–Kier alpha value is -1.23. The summed E-state index contributed by atoms with van der Waals surface area (Å²) in [6.45, 7) is 2.06. The van der Waals surface area contributed by atoms with Crippen LogP contribution in [0.5, 0.6) is 11.5 Å². The van der Waals surface area contributed by atoms with Crippen molar-refractivity contribution in [3.8, 4) is 11.5 Å². The van der Waals surface area contributed by atoms with E-state index in [-0.39, 0.29) is 6.04 Å². The molecule has 0 fully saturated rings. The number of ether oxygens (including phenoxy) is 2. The fraction of sp³-hybridized carbons (Fsp3) is 0.333. The molecule has 0 saturated carbocycles. The van der Waals surface area contributed by atoms with E-state index in [4.69, 9.17) is 21.1 Å². The minimum atomic E-state index is 0.0438. The lowest BCUT2D eigenvalue weighted by molar-refractivity contribution is 0.354. The molecule has 108 valence electrons. The average Bonchev–Trinajstić information content (AvgIpc) is 2.87. The van der Waals surface area contributed by atoms with Crippen LogP contribution in [0, 0.1) is 6.92 Å². The summed E-state index contributed by atoms with van der Waals surface area (Å²) in [5, 5.41) is 6.10. The van der Waals surface area contributed by atoms with Crippen LogP contribution in [0.2, 0.25) is 5.02 Å². The second-order valence-corrected chi connectivity index (χ2v) is 5.77. The van der Waals surface area contributed by atoms with E-state index in [9.17, 15) is 0 Å². The maximum absolute atomic E-state index is 6.26. The van der Waals surface area contributed by atoms with Gasteiger partial charge in [-0.05, 0) is 48.7 Å². The third-order valence-electron chi connectivity index (χ3n) is 3.28. The summed E-state index contributed by atoms with van der Waals surface area (Å²) < 4.78 is 10.7. The molecule has 1 aromatic carbocycles. The lowest BCUT2D eigenvalue weighted by atomic mass is 9.99. The van der Waals surface area contributed by atoms with Gasteiger partial charge in [-0.2, -0.15) is 0 Å². The third-order valence-corrected chi connectivity index (χ3v) is 4.70. The highest BCUT2D eigenvalue weighted by atomic mass is 35.5. The molecule has 1 heterocycles. The molecule has 0 amide bonds. The predicted molar refractivity (Wildman–Crippen MR) is 84.5 cm³/mol. The number of nitrogens with one attached hydrogen (secondary N) is 1. The van der Waals surface area contributed by atoms with Gasteiger partial charge in [0.15, 0.2) is 11.5 Å². The third kappa shape index (κ3) is 2.77. The van der Waals surface area contributed by atoms with E-state index in [2.05, 4.69) is 12.2 Å². The standard InChI is InChI=1S/C15H18ClNO2S/c1-9-7-12(18-3)13(19-4)8-10(9)14(17-2)15-11(16)5-6-20-15/h5-8,14,17H,1-4H3. The SMILES string of the molecule is CNC(c1cc(OC)c(OC)cc1C)c1sccc1Cl. The first-order chi connectivity index (χ1) is 9.62. The van der Waals surface area contributed by atoms with Gasteiger partial charge in [0.05, 0.1) is 25.3 Å². The fourth-order valence-corrected chi connectivity index (χ4v) is 3.54. The Kier molecular flexibility index (Phi) is 4.91. The molecule has 1 N–H and O–H groups in total. The van der Waals surface area contributed by atoms with Crippen molar-refractivity contribution in [2.24, 2.45) is 0 Å². The molecule has 0 aliphatic rings. The number of aryl methyl sites for hydroxylation is 1. The van der Waals surface area contributed by atoms with Gasteiger partial charge < -0.3 is 14.8 Å². The quantitative estimate of drug-likeness (QED) is 0.904. The monoisotopic (exact) mass is 311 g/mol. The smallest absolute Gasteiger partial charge is 0.161 e. The maximum Gasteiger partial charge on any atom is 0.161 e. The molecule has 1 atom stereocenters. The Morgan fingerprint density at radius 1 is 1.20 bits per heavy atom. The number of halogens is 1. The lowest BCUT2D eigenvalue weighted by Gasteiger charge is -2.20. The van der Waals surface area contributed by atoms with Gasteiger partial charge in [-0.1, -0.05) is 11.6 Å². The first kappa shape index (κ1) is 15.2. The van der Waals surface area contributed by atoms with E-state index < -0.39 is 0 Å². The highest BCUT2D eigenvalue weighted by Crippen LogP contribution is 2.38. The van der Waals surface area contributed by atoms with E-state index in [1.807, 2.05) is 30.6 Å². The molecule has 5 heteroatoms. The molecular weight excluding hydrogens is 294 g/mol. The zero-order valence-corrected chi connectivity index (χ0v) is 13.6. The minimum absolute atomic E-state index is 0.0438. The van der Waals surface area contributed by atoms with Gasteiger partial charge in [-0.25, -0.2) is 0 Å². The van der Waals surface area contributed by atoms with Gasteiger partial charge in [0, 0.05) is 4.88 Å². The Bertz CT molecular complexity index is 598. The van der Waals surface area contributed by atoms with Crippen LogP contribution in [0.15, 0.2) is 23.6 Å². The lowest BCUT2D eigenvalue weighted by Crippen LogP contribution is -2.18. The van der Waals surface area contributed by atoms with Crippen LogP contribution in [0.25, 0.3) is 0 Å². The predicted octanol–water partition coefficient (Wildman–Crippen LogP) is 4.04. The summed E-state index contributed by atoms with van der Waals surface area (Å²) in [5.41, 5.74) is 2.26. The largest absolute Gasteiger partial charge is 0.493 e. The Balaban J connectivity index is 2.52. The van der Waals surface area contributed by atoms with Crippen LogP contribution in [0.3, 0.4) is 0 Å². The van der Waals surface area contributed by atoms with Gasteiger partial charge in [-0.3, -0.25) is 0 Å². The number of hydrogen-bond acceptors (Lipinski definition) is 4. The van der Waals surface area contributed by atoms with Crippen LogP contribution < -0.4 is 14.8 Å². The molecular formula is C15H18ClNO2S. The summed E-state index contributed by atoms with van der Waals surface area (Å²) in [5.74, 6) is 1.46. The van der Waals surface area contributed by atoms with Crippen molar-refractivity contribution < 1.29 is 9.47 Å². The highest BCUT2D eigenvalue weighted by Gasteiger charge is 2.20. The van der Waals surface area contributed by atoms with Crippen molar-refractivity contribution in [2.75, 3.05) is 21.3 Å². The van der Waals surface area contributed by atoms with Crippen molar-refractivity contribution >= 4 is 22.9 Å². The second-order valence-electron chi connectivity index (χ2n) is 4.42. The molecule has 1 aromatic heterocycles. The van der Waals surface area contributed by atoms with Crippen molar-refractivity contribution in [3.63, 3.8) is 0 Å². The summed E-state index contributed by atoms with van der Waals surface area (Å²) in [7, 11) is 5.21. The van der Waals surface area contributed by atoms with Gasteiger partial charge in [0.25, 0.3) is 0 Å². The van der Waals surface area contributed by atoms with Crippen molar-refractivity contribution in [1.29, 1.82) is 0 Å². The minimum Gasteiger partial charge on any atom is -0.493 e. The van der Waals surface area contributed by atoms with E-state index in [0.29, 0.717) is 0 Å².